The SMILES string of the molecule is CNC[C@@H](O)COc1ccc(Cl)c(-c2nc(-c3c(C)noc3C)c(C)c(N3C[C@]4(C)CN(C(=O)OC)C[C@]4(C)C3)n2)c1. The molecule has 2 N–H and O–H groups in total. The Bertz CT molecular complexity index is 1460. The van der Waals surface area contributed by atoms with Crippen LogP contribution in [0.15, 0.2) is 22.7 Å². The second kappa shape index (κ2) is 11.3. The van der Waals surface area contributed by atoms with Crippen LogP contribution in [0.25, 0.3) is 22.6 Å². The van der Waals surface area contributed by atoms with Crippen molar-refractivity contribution in [3.8, 4) is 28.4 Å². The molecule has 0 saturated carbocycles. The summed E-state index contributed by atoms with van der Waals surface area (Å²) in [5.41, 5.74) is 3.47. The number of likely N-dealkylation sites (N-methyl/N-ethyl adjacent to an activating group) is 1. The number of aliphatic hydroxyl groups is 1. The van der Waals surface area contributed by atoms with Crippen molar-refractivity contribution in [1.29, 1.82) is 0 Å². The molecule has 2 aromatic heterocycles. The van der Waals surface area contributed by atoms with Gasteiger partial charge in [-0.05, 0) is 46.0 Å². The molecule has 1 aromatic carbocycles. The van der Waals surface area contributed by atoms with Gasteiger partial charge in [0, 0.05) is 54.7 Å². The lowest BCUT2D eigenvalue weighted by atomic mass is 9.71. The van der Waals surface area contributed by atoms with Gasteiger partial charge in [-0.3, -0.25) is 0 Å². The van der Waals surface area contributed by atoms with Gasteiger partial charge in [0.15, 0.2) is 5.82 Å². The molecule has 0 radical (unpaired) electrons. The monoisotopic (exact) mass is 598 g/mol. The van der Waals surface area contributed by atoms with Gasteiger partial charge in [-0.1, -0.05) is 30.6 Å². The van der Waals surface area contributed by atoms with Crippen LogP contribution in [-0.4, -0.2) is 90.8 Å². The summed E-state index contributed by atoms with van der Waals surface area (Å²) < 4.78 is 16.4. The first kappa shape index (κ1) is 30.1. The van der Waals surface area contributed by atoms with Crippen molar-refractivity contribution < 1.29 is 23.9 Å². The van der Waals surface area contributed by atoms with Gasteiger partial charge in [-0.2, -0.15) is 0 Å². The van der Waals surface area contributed by atoms with Crippen molar-refractivity contribution in [1.82, 2.24) is 25.3 Å². The van der Waals surface area contributed by atoms with Crippen molar-refractivity contribution >= 4 is 23.5 Å². The molecule has 1 amide bonds. The number of aliphatic hydroxyl groups excluding tert-OH is 1. The number of methoxy groups -OCH3 is 1. The number of rotatable bonds is 8. The van der Waals surface area contributed by atoms with Crippen LogP contribution >= 0.6 is 11.6 Å². The van der Waals surface area contributed by atoms with E-state index < -0.39 is 6.10 Å². The number of halogens is 1. The van der Waals surface area contributed by atoms with E-state index in [1.54, 1.807) is 30.1 Å². The van der Waals surface area contributed by atoms with Gasteiger partial charge in [0.25, 0.3) is 0 Å². The number of nitrogens with one attached hydrogen (secondary N) is 1. The van der Waals surface area contributed by atoms with Gasteiger partial charge < -0.3 is 34.2 Å². The molecule has 2 aliphatic rings. The summed E-state index contributed by atoms with van der Waals surface area (Å²) in [5.74, 6) is 2.45. The highest BCUT2D eigenvalue weighted by molar-refractivity contribution is 6.33. The molecule has 0 aliphatic carbocycles. The Balaban J connectivity index is 1.57. The van der Waals surface area contributed by atoms with Crippen LogP contribution < -0.4 is 15.0 Å². The minimum Gasteiger partial charge on any atom is -0.491 e. The first-order chi connectivity index (χ1) is 19.9. The largest absolute Gasteiger partial charge is 0.491 e. The molecule has 3 atom stereocenters. The molecule has 226 valence electrons. The summed E-state index contributed by atoms with van der Waals surface area (Å²) in [6.45, 7) is 13.4. The van der Waals surface area contributed by atoms with Crippen LogP contribution in [0.2, 0.25) is 5.02 Å². The number of hydrogen-bond acceptors (Lipinski definition) is 10. The fraction of sp³-hybridized carbons (Fsp3) is 0.533. The lowest BCUT2D eigenvalue weighted by Gasteiger charge is -2.29. The first-order valence-corrected chi connectivity index (χ1v) is 14.4. The summed E-state index contributed by atoms with van der Waals surface area (Å²) in [6.07, 6.45) is -0.954. The molecule has 5 rings (SSSR count). The number of nitrogens with zero attached hydrogens (tertiary/aromatic N) is 5. The van der Waals surface area contributed by atoms with Crippen LogP contribution in [0.3, 0.4) is 0 Å². The van der Waals surface area contributed by atoms with E-state index in [1.165, 1.54) is 7.11 Å². The fourth-order valence-electron chi connectivity index (χ4n) is 6.32. The van der Waals surface area contributed by atoms with Crippen LogP contribution in [0, 0.1) is 31.6 Å². The fourth-order valence-corrected chi connectivity index (χ4v) is 6.52. The molecular formula is C30H39ClN6O5. The van der Waals surface area contributed by atoms with Gasteiger partial charge in [0.05, 0.1) is 29.1 Å². The Morgan fingerprint density at radius 1 is 1.17 bits per heavy atom. The number of aryl methyl sites for hydroxylation is 2. The quantitative estimate of drug-likeness (QED) is 0.388. The molecule has 2 fully saturated rings. The third-order valence-electron chi connectivity index (χ3n) is 8.80. The third kappa shape index (κ3) is 5.29. The molecule has 4 heterocycles. The highest BCUT2D eigenvalue weighted by Crippen LogP contribution is 2.53. The summed E-state index contributed by atoms with van der Waals surface area (Å²) >= 11 is 6.73. The molecule has 2 aliphatic heterocycles. The van der Waals surface area contributed by atoms with Gasteiger partial charge in [0.2, 0.25) is 0 Å². The minimum atomic E-state index is -0.657. The summed E-state index contributed by atoms with van der Waals surface area (Å²) in [7, 11) is 3.20. The number of likely N-dealkylation sites (tertiary alicyclic amines) is 1. The number of hydrogen-bond donors (Lipinski definition) is 2. The van der Waals surface area contributed by atoms with Crippen molar-refractivity contribution in [2.24, 2.45) is 10.8 Å². The highest BCUT2D eigenvalue weighted by atomic mass is 35.5. The molecule has 3 aromatic rings. The van der Waals surface area contributed by atoms with Crippen LogP contribution in [-0.2, 0) is 4.74 Å². The summed E-state index contributed by atoms with van der Waals surface area (Å²) in [5, 5.41) is 17.7. The Hall–Kier alpha value is -3.41. The average molecular weight is 599 g/mol. The second-order valence-electron chi connectivity index (χ2n) is 12.0. The maximum atomic E-state index is 12.4. The predicted octanol–water partition coefficient (Wildman–Crippen LogP) is 4.25. The predicted molar refractivity (Wildman–Crippen MR) is 160 cm³/mol. The Morgan fingerprint density at radius 3 is 2.45 bits per heavy atom. The maximum absolute atomic E-state index is 12.4. The number of benzene rings is 1. The van der Waals surface area contributed by atoms with Gasteiger partial charge in [-0.25, -0.2) is 14.8 Å². The molecule has 12 heteroatoms. The standard InChI is InChI=1S/C30H39ClN6O5/c1-17-25(24-18(2)35-42-19(24)3)33-26(22-10-21(8-9-23(22)31)41-12-20(38)11-32-6)34-27(17)36-13-29(4)15-37(28(39)40-7)16-30(29,5)14-36/h8-10,20,32,38H,11-16H2,1-7H3/t20-,29-,30+/m1/s1. The number of fused-ring (bicyclic) bond motifs is 1. The van der Waals surface area contributed by atoms with Crippen LogP contribution in [0.4, 0.5) is 10.6 Å². The molecule has 11 nitrogen and oxygen atoms in total. The summed E-state index contributed by atoms with van der Waals surface area (Å²) in [4.78, 5) is 26.6. The van der Waals surface area contributed by atoms with Crippen molar-refractivity contribution in [2.75, 3.05) is 58.4 Å². The number of aromatic nitrogens is 3. The molecule has 0 spiro atoms. The van der Waals surface area contributed by atoms with Crippen molar-refractivity contribution in [3.05, 3.63) is 40.2 Å². The number of carbonyl (C=O) groups excluding carboxylic acids is 1. The highest BCUT2D eigenvalue weighted by Gasteiger charge is 2.59. The zero-order valence-electron chi connectivity index (χ0n) is 25.2. The van der Waals surface area contributed by atoms with E-state index in [9.17, 15) is 9.90 Å². The van der Waals surface area contributed by atoms with E-state index in [0.29, 0.717) is 60.6 Å². The molecular weight excluding hydrogens is 560 g/mol. The molecule has 42 heavy (non-hydrogen) atoms. The van der Waals surface area contributed by atoms with E-state index in [2.05, 4.69) is 29.2 Å². The lowest BCUT2D eigenvalue weighted by molar-refractivity contribution is 0.108. The van der Waals surface area contributed by atoms with Gasteiger partial charge >= 0.3 is 6.09 Å². The smallest absolute Gasteiger partial charge is 0.409 e. The van der Waals surface area contributed by atoms with E-state index in [1.807, 2.05) is 20.8 Å². The molecule has 0 unspecified atom stereocenters. The number of ether oxygens (including phenoxy) is 2. The third-order valence-corrected chi connectivity index (χ3v) is 9.13. The first-order valence-electron chi connectivity index (χ1n) is 14.0. The second-order valence-corrected chi connectivity index (χ2v) is 12.4. The van der Waals surface area contributed by atoms with Crippen molar-refractivity contribution in [2.45, 2.75) is 40.7 Å². The minimum absolute atomic E-state index is 0.125. The normalized spacial score (nSPS) is 22.4. The Kier molecular flexibility index (Phi) is 8.12. The average Bonchev–Trinajstić information content (AvgIpc) is 3.51. The van der Waals surface area contributed by atoms with Crippen LogP contribution in [0.5, 0.6) is 5.75 Å². The molecule has 0 bridgehead atoms. The number of amides is 1. The van der Waals surface area contributed by atoms with E-state index >= 15 is 0 Å². The topological polar surface area (TPSA) is 126 Å². The van der Waals surface area contributed by atoms with E-state index in [4.69, 9.17) is 35.6 Å². The number of anilines is 1. The van der Waals surface area contributed by atoms with E-state index in [0.717, 1.165) is 28.3 Å². The Morgan fingerprint density at radius 2 is 1.86 bits per heavy atom. The van der Waals surface area contributed by atoms with E-state index in [-0.39, 0.29) is 23.5 Å². The Labute approximate surface area is 251 Å². The lowest BCUT2D eigenvalue weighted by Crippen LogP contribution is -2.36. The van der Waals surface area contributed by atoms with Gasteiger partial charge in [0.1, 0.15) is 30.0 Å². The number of carbonyl (C=O) groups is 1. The van der Waals surface area contributed by atoms with Crippen molar-refractivity contribution in [3.63, 3.8) is 0 Å². The zero-order valence-corrected chi connectivity index (χ0v) is 26.0. The van der Waals surface area contributed by atoms with Gasteiger partial charge in [-0.15, -0.1) is 0 Å². The maximum Gasteiger partial charge on any atom is 0.409 e. The van der Waals surface area contributed by atoms with Crippen LogP contribution in [0.1, 0.15) is 30.9 Å². The molecule has 2 saturated heterocycles. The zero-order chi connectivity index (χ0) is 30.4. The summed E-state index contributed by atoms with van der Waals surface area (Å²) in [6, 6.07) is 5.31.